The highest BCUT2D eigenvalue weighted by Gasteiger charge is 2.34. The summed E-state index contributed by atoms with van der Waals surface area (Å²) in [5.41, 5.74) is 1.16. The van der Waals surface area contributed by atoms with Crippen LogP contribution in [0.1, 0.15) is 42.1 Å². The molecular weight excluding hydrogens is 336 g/mol. The fraction of sp³-hybridized carbons (Fsp3) is 0.278. The molecule has 1 atom stereocenters. The molecule has 0 saturated carbocycles. The molecule has 2 aromatic rings. The average molecular weight is 354 g/mol. The van der Waals surface area contributed by atoms with E-state index in [4.69, 9.17) is 0 Å². The number of rotatable bonds is 5. The molecule has 8 heteroatoms. The van der Waals surface area contributed by atoms with Gasteiger partial charge in [-0.2, -0.15) is 0 Å². The Morgan fingerprint density at radius 3 is 2.81 bits per heavy atom. The number of hydrogen-bond donors (Lipinski definition) is 2. The Labute approximate surface area is 149 Å². The number of nitrogens with one attached hydrogen (secondary N) is 2. The molecule has 26 heavy (non-hydrogen) atoms. The van der Waals surface area contributed by atoms with Gasteiger partial charge in [0.2, 0.25) is 5.91 Å². The third kappa shape index (κ3) is 3.39. The van der Waals surface area contributed by atoms with Crippen molar-refractivity contribution in [3.63, 3.8) is 0 Å². The lowest BCUT2D eigenvalue weighted by atomic mass is 9.91. The van der Waals surface area contributed by atoms with Crippen LogP contribution in [0.25, 0.3) is 0 Å². The molecule has 0 fully saturated rings. The predicted octanol–water partition coefficient (Wildman–Crippen LogP) is 3.32. The van der Waals surface area contributed by atoms with E-state index in [2.05, 4.69) is 15.6 Å². The van der Waals surface area contributed by atoms with Gasteiger partial charge in [-0.25, -0.2) is 0 Å². The van der Waals surface area contributed by atoms with Crippen LogP contribution in [-0.2, 0) is 4.79 Å². The number of carbonyl (C=O) groups is 2. The Morgan fingerprint density at radius 2 is 2.19 bits per heavy atom. The van der Waals surface area contributed by atoms with Gasteiger partial charge < -0.3 is 10.6 Å². The quantitative estimate of drug-likeness (QED) is 0.631. The van der Waals surface area contributed by atoms with Crippen molar-refractivity contribution in [2.75, 3.05) is 10.6 Å². The van der Waals surface area contributed by atoms with Gasteiger partial charge in [-0.05, 0) is 36.1 Å². The van der Waals surface area contributed by atoms with Gasteiger partial charge in [0, 0.05) is 18.5 Å². The van der Waals surface area contributed by atoms with Gasteiger partial charge in [-0.1, -0.05) is 13.8 Å². The fourth-order valence-electron chi connectivity index (χ4n) is 3.01. The molecule has 0 aliphatic carbocycles. The molecule has 1 aromatic heterocycles. The number of aromatic nitrogens is 1. The van der Waals surface area contributed by atoms with Crippen LogP contribution >= 0.6 is 0 Å². The van der Waals surface area contributed by atoms with Crippen molar-refractivity contribution in [2.24, 2.45) is 5.92 Å². The summed E-state index contributed by atoms with van der Waals surface area (Å²) in [6, 6.07) is 5.99. The molecule has 1 aliphatic rings. The second-order valence-electron chi connectivity index (χ2n) is 6.58. The summed E-state index contributed by atoms with van der Waals surface area (Å²) in [6.45, 7) is 4.00. The summed E-state index contributed by atoms with van der Waals surface area (Å²) in [5, 5.41) is 16.7. The Balaban J connectivity index is 1.99. The summed E-state index contributed by atoms with van der Waals surface area (Å²) in [5.74, 6) is -0.794. The minimum Gasteiger partial charge on any atom is -0.325 e. The van der Waals surface area contributed by atoms with Crippen LogP contribution in [0.15, 0.2) is 36.7 Å². The van der Waals surface area contributed by atoms with Gasteiger partial charge in [0.05, 0.1) is 22.1 Å². The Kier molecular flexibility index (Phi) is 4.66. The molecule has 0 radical (unpaired) electrons. The van der Waals surface area contributed by atoms with E-state index in [9.17, 15) is 19.7 Å². The number of nitro groups is 1. The van der Waals surface area contributed by atoms with Gasteiger partial charge in [-0.15, -0.1) is 0 Å². The van der Waals surface area contributed by atoms with E-state index in [-0.39, 0.29) is 34.7 Å². The highest BCUT2D eigenvalue weighted by atomic mass is 16.6. The number of pyridine rings is 1. The predicted molar refractivity (Wildman–Crippen MR) is 96.1 cm³/mol. The standard InChI is InChI=1S/C18H18N4O4/c1-10(2)6-13-12-7-15(21-17(23)11-4-3-5-19-9-11)16(22(25)26)8-14(12)20-18(13)24/h3-5,7-10,13H,6H2,1-2H3,(H,20,24)(H,21,23). The number of amides is 2. The van der Waals surface area contributed by atoms with E-state index in [1.54, 1.807) is 12.1 Å². The molecule has 2 heterocycles. The first kappa shape index (κ1) is 17.5. The lowest BCUT2D eigenvalue weighted by molar-refractivity contribution is -0.383. The number of nitrogens with zero attached hydrogens (tertiary/aromatic N) is 2. The second kappa shape index (κ2) is 6.91. The molecule has 134 valence electrons. The molecule has 2 N–H and O–H groups in total. The van der Waals surface area contributed by atoms with Gasteiger partial charge in [0.1, 0.15) is 5.69 Å². The molecule has 0 bridgehead atoms. The maximum Gasteiger partial charge on any atom is 0.294 e. The zero-order chi connectivity index (χ0) is 18.8. The van der Waals surface area contributed by atoms with Gasteiger partial charge in [0.15, 0.2) is 0 Å². The average Bonchev–Trinajstić information content (AvgIpc) is 2.89. The van der Waals surface area contributed by atoms with Gasteiger partial charge >= 0.3 is 0 Å². The van der Waals surface area contributed by atoms with Gasteiger partial charge in [-0.3, -0.25) is 24.7 Å². The highest BCUT2D eigenvalue weighted by Crippen LogP contribution is 2.42. The third-order valence-electron chi connectivity index (χ3n) is 4.19. The zero-order valence-corrected chi connectivity index (χ0v) is 14.4. The minimum absolute atomic E-state index is 0.0628. The Morgan fingerprint density at radius 1 is 1.42 bits per heavy atom. The first-order valence-electron chi connectivity index (χ1n) is 8.21. The molecular formula is C18H18N4O4. The second-order valence-corrected chi connectivity index (χ2v) is 6.58. The largest absolute Gasteiger partial charge is 0.325 e. The first-order valence-corrected chi connectivity index (χ1v) is 8.21. The molecule has 1 aliphatic heterocycles. The van der Waals surface area contributed by atoms with Crippen molar-refractivity contribution >= 4 is 28.9 Å². The maximum absolute atomic E-state index is 12.4. The third-order valence-corrected chi connectivity index (χ3v) is 4.19. The van der Waals surface area contributed by atoms with Crippen LogP contribution in [0.4, 0.5) is 17.1 Å². The Hall–Kier alpha value is -3.29. The molecule has 0 saturated heterocycles. The SMILES string of the molecule is CC(C)CC1C(=O)Nc2cc([N+](=O)[O-])c(NC(=O)c3cccnc3)cc21. The molecule has 3 rings (SSSR count). The zero-order valence-electron chi connectivity index (χ0n) is 14.4. The Bertz CT molecular complexity index is 880. The number of carbonyl (C=O) groups excluding carboxylic acids is 2. The summed E-state index contributed by atoms with van der Waals surface area (Å²) in [6.07, 6.45) is 3.52. The summed E-state index contributed by atoms with van der Waals surface area (Å²) in [4.78, 5) is 39.3. The molecule has 8 nitrogen and oxygen atoms in total. The van der Waals surface area contributed by atoms with Crippen LogP contribution in [-0.4, -0.2) is 21.7 Å². The monoisotopic (exact) mass is 354 g/mol. The highest BCUT2D eigenvalue weighted by molar-refractivity contribution is 6.08. The van der Waals surface area contributed by atoms with Crippen LogP contribution in [0.3, 0.4) is 0 Å². The maximum atomic E-state index is 12.4. The van der Waals surface area contributed by atoms with E-state index < -0.39 is 10.8 Å². The van der Waals surface area contributed by atoms with Crippen LogP contribution in [0.5, 0.6) is 0 Å². The van der Waals surface area contributed by atoms with Crippen molar-refractivity contribution in [3.8, 4) is 0 Å². The normalized spacial score (nSPS) is 15.5. The van der Waals surface area contributed by atoms with Crippen LogP contribution in [0.2, 0.25) is 0 Å². The number of anilines is 2. The number of hydrogen-bond acceptors (Lipinski definition) is 5. The summed E-state index contributed by atoms with van der Waals surface area (Å²) in [7, 11) is 0. The van der Waals surface area contributed by atoms with Crippen molar-refractivity contribution < 1.29 is 14.5 Å². The lowest BCUT2D eigenvalue weighted by Crippen LogP contribution is -2.14. The topological polar surface area (TPSA) is 114 Å². The van der Waals surface area contributed by atoms with Crippen molar-refractivity contribution in [2.45, 2.75) is 26.2 Å². The van der Waals surface area contributed by atoms with E-state index in [1.807, 2.05) is 13.8 Å². The number of fused-ring (bicyclic) bond motifs is 1. The smallest absolute Gasteiger partial charge is 0.294 e. The molecule has 2 amide bonds. The molecule has 1 aromatic carbocycles. The molecule has 0 spiro atoms. The van der Waals surface area contributed by atoms with Crippen molar-refractivity contribution in [1.82, 2.24) is 4.98 Å². The van der Waals surface area contributed by atoms with Crippen molar-refractivity contribution in [3.05, 3.63) is 57.9 Å². The first-order chi connectivity index (χ1) is 12.4. The van der Waals surface area contributed by atoms with E-state index in [0.29, 0.717) is 17.7 Å². The lowest BCUT2D eigenvalue weighted by Gasteiger charge is -2.13. The van der Waals surface area contributed by atoms with E-state index >= 15 is 0 Å². The number of benzene rings is 1. The minimum atomic E-state index is -0.582. The van der Waals surface area contributed by atoms with Crippen LogP contribution < -0.4 is 10.6 Å². The van der Waals surface area contributed by atoms with E-state index in [0.717, 1.165) is 0 Å². The van der Waals surface area contributed by atoms with Crippen LogP contribution in [0, 0.1) is 16.0 Å². The number of nitro benzene ring substituents is 1. The summed E-state index contributed by atoms with van der Waals surface area (Å²) >= 11 is 0. The van der Waals surface area contributed by atoms with E-state index in [1.165, 1.54) is 24.5 Å². The summed E-state index contributed by atoms with van der Waals surface area (Å²) < 4.78 is 0. The van der Waals surface area contributed by atoms with Gasteiger partial charge in [0.25, 0.3) is 11.6 Å². The fourth-order valence-corrected chi connectivity index (χ4v) is 3.01. The van der Waals surface area contributed by atoms with Crippen molar-refractivity contribution in [1.29, 1.82) is 0 Å². The molecule has 1 unspecified atom stereocenters.